The van der Waals surface area contributed by atoms with Crippen LogP contribution in [0.4, 0.5) is 11.4 Å². The maximum atomic E-state index is 12.5. The van der Waals surface area contributed by atoms with Crippen LogP contribution in [0.5, 0.6) is 0 Å². The van der Waals surface area contributed by atoms with Crippen molar-refractivity contribution in [3.05, 3.63) is 75.1 Å². The molecule has 33 heavy (non-hydrogen) atoms. The minimum Gasteiger partial charge on any atom is -0.342 e. The number of thioether (sulfide) groups is 1. The zero-order valence-corrected chi connectivity index (χ0v) is 19.5. The van der Waals surface area contributed by atoms with Crippen molar-refractivity contribution in [1.82, 2.24) is 20.1 Å². The minimum absolute atomic E-state index is 0.0323. The number of nitro groups is 1. The summed E-state index contributed by atoms with van der Waals surface area (Å²) in [6.07, 6.45) is 0. The van der Waals surface area contributed by atoms with E-state index in [9.17, 15) is 19.7 Å². The molecule has 0 saturated carbocycles. The molecule has 0 aliphatic heterocycles. The smallest absolute Gasteiger partial charge is 0.269 e. The molecule has 1 atom stereocenters. The lowest BCUT2D eigenvalue weighted by Crippen LogP contribution is -2.28. The first kappa shape index (κ1) is 23.9. The van der Waals surface area contributed by atoms with Crippen LogP contribution in [-0.2, 0) is 11.8 Å². The van der Waals surface area contributed by atoms with Gasteiger partial charge in [-0.05, 0) is 44.5 Å². The molecule has 0 saturated heterocycles. The summed E-state index contributed by atoms with van der Waals surface area (Å²) in [5.41, 5.74) is 2.71. The third-order valence-corrected chi connectivity index (χ3v) is 5.96. The van der Waals surface area contributed by atoms with Crippen LogP contribution in [0.3, 0.4) is 0 Å². The molecule has 0 fully saturated rings. The third-order valence-electron chi connectivity index (χ3n) is 4.94. The largest absolute Gasteiger partial charge is 0.342 e. The standard InChI is InChI=1S/C22H24N6O4S/c1-13-5-7-16(8-6-13)21(30)23-15(3)20-25-26-22(27(20)4)33-12-19(29)24-18-10-9-17(28(31)32)11-14(18)2/h5-11,15H,12H2,1-4H3,(H,23,30)(H,24,29)/t15-/m0/s1. The van der Waals surface area contributed by atoms with Crippen LogP contribution in [0.15, 0.2) is 47.6 Å². The van der Waals surface area contributed by atoms with E-state index >= 15 is 0 Å². The molecule has 3 rings (SSSR count). The van der Waals surface area contributed by atoms with E-state index in [1.165, 1.54) is 30.0 Å². The molecule has 2 aromatic carbocycles. The van der Waals surface area contributed by atoms with Gasteiger partial charge >= 0.3 is 0 Å². The Morgan fingerprint density at radius 3 is 2.48 bits per heavy atom. The highest BCUT2D eigenvalue weighted by atomic mass is 32.2. The zero-order chi connectivity index (χ0) is 24.1. The quantitative estimate of drug-likeness (QED) is 0.293. The van der Waals surface area contributed by atoms with E-state index < -0.39 is 4.92 Å². The van der Waals surface area contributed by atoms with Crippen LogP contribution in [0.1, 0.15) is 40.3 Å². The number of carbonyl (C=O) groups is 2. The summed E-state index contributed by atoms with van der Waals surface area (Å²) in [7, 11) is 1.77. The summed E-state index contributed by atoms with van der Waals surface area (Å²) < 4.78 is 1.73. The van der Waals surface area contributed by atoms with Gasteiger partial charge < -0.3 is 15.2 Å². The molecule has 172 valence electrons. The average molecular weight is 469 g/mol. The van der Waals surface area contributed by atoms with Crippen molar-refractivity contribution in [2.45, 2.75) is 32.0 Å². The molecule has 0 aliphatic carbocycles. The first-order chi connectivity index (χ1) is 15.7. The van der Waals surface area contributed by atoms with Gasteiger partial charge in [-0.3, -0.25) is 19.7 Å². The topological polar surface area (TPSA) is 132 Å². The number of hydrogen-bond donors (Lipinski definition) is 2. The molecule has 2 N–H and O–H groups in total. The SMILES string of the molecule is Cc1ccc(C(=O)N[C@@H](C)c2nnc(SCC(=O)Nc3ccc([N+](=O)[O-])cc3C)n2C)cc1. The average Bonchev–Trinajstić information content (AvgIpc) is 3.14. The molecule has 0 unspecified atom stereocenters. The van der Waals surface area contributed by atoms with Crippen LogP contribution >= 0.6 is 11.8 Å². The van der Waals surface area contributed by atoms with E-state index in [4.69, 9.17) is 0 Å². The lowest BCUT2D eigenvalue weighted by molar-refractivity contribution is -0.384. The number of nitrogens with one attached hydrogen (secondary N) is 2. The molecule has 0 spiro atoms. The van der Waals surface area contributed by atoms with E-state index in [0.717, 1.165) is 5.56 Å². The number of carbonyl (C=O) groups excluding carboxylic acids is 2. The number of non-ortho nitro benzene ring substituents is 1. The van der Waals surface area contributed by atoms with E-state index in [-0.39, 0.29) is 29.3 Å². The second kappa shape index (κ2) is 10.3. The van der Waals surface area contributed by atoms with Crippen molar-refractivity contribution in [1.29, 1.82) is 0 Å². The molecule has 0 bridgehead atoms. The third kappa shape index (κ3) is 5.95. The van der Waals surface area contributed by atoms with Gasteiger partial charge in [-0.2, -0.15) is 0 Å². The van der Waals surface area contributed by atoms with Crippen molar-refractivity contribution in [2.75, 3.05) is 11.1 Å². The summed E-state index contributed by atoms with van der Waals surface area (Å²) in [6, 6.07) is 11.2. The van der Waals surface area contributed by atoms with Gasteiger partial charge in [0, 0.05) is 30.4 Å². The first-order valence-corrected chi connectivity index (χ1v) is 11.1. The maximum absolute atomic E-state index is 12.5. The Morgan fingerprint density at radius 2 is 1.85 bits per heavy atom. The summed E-state index contributed by atoms with van der Waals surface area (Å²) in [4.78, 5) is 35.2. The Hall–Kier alpha value is -3.73. The fourth-order valence-electron chi connectivity index (χ4n) is 3.10. The Bertz CT molecular complexity index is 1190. The lowest BCUT2D eigenvalue weighted by Gasteiger charge is -2.14. The van der Waals surface area contributed by atoms with E-state index in [1.807, 2.05) is 26.0 Å². The number of nitro benzene ring substituents is 1. The van der Waals surface area contributed by atoms with Gasteiger partial charge in [-0.1, -0.05) is 29.5 Å². The number of nitrogens with zero attached hydrogens (tertiary/aromatic N) is 4. The monoisotopic (exact) mass is 468 g/mol. The lowest BCUT2D eigenvalue weighted by atomic mass is 10.1. The van der Waals surface area contributed by atoms with E-state index in [0.29, 0.717) is 27.8 Å². The van der Waals surface area contributed by atoms with Crippen molar-refractivity contribution >= 4 is 35.0 Å². The predicted octanol–water partition coefficient (Wildman–Crippen LogP) is 3.56. The highest BCUT2D eigenvalue weighted by molar-refractivity contribution is 7.99. The molecular formula is C22H24N6O4S. The second-order valence-corrected chi connectivity index (χ2v) is 8.50. The van der Waals surface area contributed by atoms with Gasteiger partial charge in [-0.25, -0.2) is 0 Å². The summed E-state index contributed by atoms with van der Waals surface area (Å²) in [6.45, 7) is 5.46. The molecule has 10 nitrogen and oxygen atoms in total. The number of aromatic nitrogens is 3. The number of benzene rings is 2. The maximum Gasteiger partial charge on any atom is 0.269 e. The molecule has 1 aromatic heterocycles. The molecule has 2 amide bonds. The number of rotatable bonds is 8. The number of anilines is 1. The molecule has 3 aromatic rings. The van der Waals surface area contributed by atoms with Gasteiger partial charge in [-0.15, -0.1) is 10.2 Å². The Balaban J connectivity index is 1.58. The van der Waals surface area contributed by atoms with Crippen molar-refractivity contribution in [2.24, 2.45) is 7.05 Å². The molecule has 0 radical (unpaired) electrons. The van der Waals surface area contributed by atoms with Crippen molar-refractivity contribution in [3.63, 3.8) is 0 Å². The predicted molar refractivity (Wildman–Crippen MR) is 125 cm³/mol. The highest BCUT2D eigenvalue weighted by Crippen LogP contribution is 2.23. The van der Waals surface area contributed by atoms with E-state index in [1.54, 1.807) is 30.7 Å². The number of hydrogen-bond acceptors (Lipinski definition) is 7. The van der Waals surface area contributed by atoms with Crippen LogP contribution < -0.4 is 10.6 Å². The van der Waals surface area contributed by atoms with Gasteiger partial charge in [0.15, 0.2) is 11.0 Å². The highest BCUT2D eigenvalue weighted by Gasteiger charge is 2.19. The molecule has 0 aliphatic rings. The Morgan fingerprint density at radius 1 is 1.15 bits per heavy atom. The normalized spacial score (nSPS) is 11.6. The Kier molecular flexibility index (Phi) is 7.44. The number of amides is 2. The van der Waals surface area contributed by atoms with Gasteiger partial charge in [0.05, 0.1) is 16.7 Å². The minimum atomic E-state index is -0.482. The first-order valence-electron chi connectivity index (χ1n) is 10.1. The van der Waals surface area contributed by atoms with Crippen molar-refractivity contribution < 1.29 is 14.5 Å². The molecular weight excluding hydrogens is 444 g/mol. The van der Waals surface area contributed by atoms with Crippen LogP contribution in [0, 0.1) is 24.0 Å². The fourth-order valence-corrected chi connectivity index (χ4v) is 3.81. The van der Waals surface area contributed by atoms with Crippen LogP contribution in [0.2, 0.25) is 0 Å². The second-order valence-electron chi connectivity index (χ2n) is 7.55. The number of aryl methyl sites for hydroxylation is 2. The summed E-state index contributed by atoms with van der Waals surface area (Å²) >= 11 is 1.20. The van der Waals surface area contributed by atoms with Crippen LogP contribution in [-0.4, -0.2) is 37.3 Å². The summed E-state index contributed by atoms with van der Waals surface area (Å²) in [5, 5.41) is 25.3. The molecule has 1 heterocycles. The zero-order valence-electron chi connectivity index (χ0n) is 18.7. The van der Waals surface area contributed by atoms with Crippen molar-refractivity contribution in [3.8, 4) is 0 Å². The Labute approximate surface area is 194 Å². The van der Waals surface area contributed by atoms with Crippen LogP contribution in [0.25, 0.3) is 0 Å². The summed E-state index contributed by atoms with van der Waals surface area (Å²) in [5.74, 6) is 0.149. The van der Waals surface area contributed by atoms with Gasteiger partial charge in [0.2, 0.25) is 5.91 Å². The fraction of sp³-hybridized carbons (Fsp3) is 0.273. The van der Waals surface area contributed by atoms with Gasteiger partial charge in [0.25, 0.3) is 11.6 Å². The van der Waals surface area contributed by atoms with E-state index in [2.05, 4.69) is 20.8 Å². The van der Waals surface area contributed by atoms with Gasteiger partial charge in [0.1, 0.15) is 0 Å². The molecule has 11 heteroatoms.